The minimum Gasteiger partial charge on any atom is -0.462 e. The molecule has 0 amide bonds. The number of aromatic nitrogens is 1. The van der Waals surface area contributed by atoms with Gasteiger partial charge in [-0.05, 0) is 41.3 Å². The van der Waals surface area contributed by atoms with E-state index in [1.165, 1.54) is 12.1 Å². The molecule has 0 saturated carbocycles. The van der Waals surface area contributed by atoms with Crippen LogP contribution in [0.15, 0.2) is 54.6 Å². The lowest BCUT2D eigenvalue weighted by molar-refractivity contribution is -0.160. The second-order valence-corrected chi connectivity index (χ2v) is 8.97. The maximum atomic E-state index is 13.7. The van der Waals surface area contributed by atoms with Crippen LogP contribution in [0.25, 0.3) is 22.4 Å². The number of cyclic esters (lactones) is 1. The molecule has 1 fully saturated rings. The highest BCUT2D eigenvalue weighted by Crippen LogP contribution is 2.45. The molecule has 2 unspecified atom stereocenters. The summed E-state index contributed by atoms with van der Waals surface area (Å²) < 4.78 is 21.3. The van der Waals surface area contributed by atoms with Gasteiger partial charge in [-0.3, -0.25) is 4.79 Å². The molecule has 168 valence electrons. The number of carbonyl (C=O) groups is 1. The molecule has 1 saturated heterocycles. The van der Waals surface area contributed by atoms with Crippen LogP contribution in [0.3, 0.4) is 0 Å². The molecular weight excluding hydrogens is 429 g/mol. The predicted octanol–water partition coefficient (Wildman–Crippen LogP) is 6.19. The van der Waals surface area contributed by atoms with Gasteiger partial charge in [0.1, 0.15) is 11.9 Å². The van der Waals surface area contributed by atoms with Gasteiger partial charge in [0.25, 0.3) is 0 Å². The molecule has 4 rings (SSSR count). The standard InChI is InChI=1S/C26H27ClFNO3/c1-16(2)25-24(27)23(17-6-4-3-5-7-17)26(18-8-10-19(28)11-9-18)29(25)13-12-21-14-20(30)15-22(31)32-21/h3-11,16,20-21,30H,12-15H2,1-2H3. The molecule has 1 N–H and O–H groups in total. The quantitative estimate of drug-likeness (QED) is 0.450. The summed E-state index contributed by atoms with van der Waals surface area (Å²) in [4.78, 5) is 11.8. The second kappa shape index (κ2) is 9.47. The molecule has 32 heavy (non-hydrogen) atoms. The highest BCUT2D eigenvalue weighted by atomic mass is 35.5. The number of rotatable bonds is 6. The fourth-order valence-corrected chi connectivity index (χ4v) is 5.01. The van der Waals surface area contributed by atoms with Gasteiger partial charge in [0, 0.05) is 30.6 Å². The fraction of sp³-hybridized carbons (Fsp3) is 0.346. The Kier molecular flexibility index (Phi) is 6.68. The third-order valence-corrected chi connectivity index (χ3v) is 6.26. The number of hydrogen-bond donors (Lipinski definition) is 1. The first-order chi connectivity index (χ1) is 15.3. The van der Waals surface area contributed by atoms with E-state index in [2.05, 4.69) is 18.4 Å². The number of halogens is 2. The van der Waals surface area contributed by atoms with Crippen LogP contribution in [0.5, 0.6) is 0 Å². The van der Waals surface area contributed by atoms with Gasteiger partial charge in [0.15, 0.2) is 0 Å². The number of aliphatic hydroxyl groups is 1. The van der Waals surface area contributed by atoms with Crippen molar-refractivity contribution in [2.75, 3.05) is 0 Å². The number of hydrogen-bond acceptors (Lipinski definition) is 3. The van der Waals surface area contributed by atoms with Gasteiger partial charge >= 0.3 is 5.97 Å². The zero-order chi connectivity index (χ0) is 22.8. The Bertz CT molecular complexity index is 1090. The van der Waals surface area contributed by atoms with Crippen molar-refractivity contribution in [2.45, 2.75) is 57.8 Å². The van der Waals surface area contributed by atoms with Crippen molar-refractivity contribution < 1.29 is 19.0 Å². The normalized spacial score (nSPS) is 18.8. The smallest absolute Gasteiger partial charge is 0.308 e. The highest BCUT2D eigenvalue weighted by molar-refractivity contribution is 6.35. The number of esters is 1. The lowest BCUT2D eigenvalue weighted by atomic mass is 10.0. The molecule has 2 atom stereocenters. The van der Waals surface area contributed by atoms with E-state index in [1.54, 1.807) is 12.1 Å². The van der Waals surface area contributed by atoms with E-state index in [-0.39, 0.29) is 30.2 Å². The Labute approximate surface area is 192 Å². The molecule has 1 aromatic heterocycles. The van der Waals surface area contributed by atoms with Crippen LogP contribution in [0.2, 0.25) is 5.02 Å². The summed E-state index contributed by atoms with van der Waals surface area (Å²) in [6, 6.07) is 16.3. The number of carbonyl (C=O) groups excluding carboxylic acids is 1. The van der Waals surface area contributed by atoms with E-state index in [4.69, 9.17) is 16.3 Å². The lowest BCUT2D eigenvalue weighted by Crippen LogP contribution is -2.33. The van der Waals surface area contributed by atoms with E-state index in [9.17, 15) is 14.3 Å². The summed E-state index contributed by atoms with van der Waals surface area (Å²) in [5, 5.41) is 10.7. The largest absolute Gasteiger partial charge is 0.462 e. The molecular formula is C26H27ClFNO3. The topological polar surface area (TPSA) is 51.5 Å². The van der Waals surface area contributed by atoms with Crippen LogP contribution >= 0.6 is 11.6 Å². The molecule has 0 aliphatic carbocycles. The van der Waals surface area contributed by atoms with Gasteiger partial charge in [-0.25, -0.2) is 4.39 Å². The Morgan fingerprint density at radius 2 is 1.81 bits per heavy atom. The average Bonchev–Trinajstić information content (AvgIpc) is 3.05. The minimum absolute atomic E-state index is 0.0437. The van der Waals surface area contributed by atoms with Crippen LogP contribution in [0, 0.1) is 5.82 Å². The Hall–Kier alpha value is -2.63. The molecule has 0 bridgehead atoms. The first kappa shape index (κ1) is 22.6. The van der Waals surface area contributed by atoms with Crippen LogP contribution in [0.4, 0.5) is 4.39 Å². The van der Waals surface area contributed by atoms with Gasteiger partial charge in [-0.15, -0.1) is 0 Å². The van der Waals surface area contributed by atoms with E-state index in [0.29, 0.717) is 24.4 Å². The molecule has 6 heteroatoms. The molecule has 0 radical (unpaired) electrons. The summed E-state index contributed by atoms with van der Waals surface area (Å²) in [6.45, 7) is 4.73. The number of ether oxygens (including phenoxy) is 1. The average molecular weight is 456 g/mol. The van der Waals surface area contributed by atoms with Crippen molar-refractivity contribution >= 4 is 17.6 Å². The van der Waals surface area contributed by atoms with Gasteiger partial charge in [0.2, 0.25) is 0 Å². The summed E-state index contributed by atoms with van der Waals surface area (Å²) in [5.74, 6) is -0.530. The van der Waals surface area contributed by atoms with Crippen molar-refractivity contribution in [3.8, 4) is 22.4 Å². The molecule has 3 aromatic rings. The van der Waals surface area contributed by atoms with Crippen LogP contribution in [-0.4, -0.2) is 27.9 Å². The third-order valence-electron chi connectivity index (χ3n) is 5.88. The first-order valence-corrected chi connectivity index (χ1v) is 11.3. The SMILES string of the molecule is CC(C)c1c(Cl)c(-c2ccccc2)c(-c2ccc(F)cc2)n1CCC1CC(O)CC(=O)O1. The van der Waals surface area contributed by atoms with E-state index < -0.39 is 6.10 Å². The molecule has 1 aliphatic heterocycles. The molecule has 2 aromatic carbocycles. The fourth-order valence-electron chi connectivity index (χ4n) is 4.49. The summed E-state index contributed by atoms with van der Waals surface area (Å²) in [6.07, 6.45) is -0.00285. The van der Waals surface area contributed by atoms with Crippen LogP contribution in [-0.2, 0) is 16.1 Å². The maximum Gasteiger partial charge on any atom is 0.308 e. The zero-order valence-corrected chi connectivity index (χ0v) is 19.0. The Morgan fingerprint density at radius 1 is 1.12 bits per heavy atom. The summed E-state index contributed by atoms with van der Waals surface area (Å²) >= 11 is 6.99. The van der Waals surface area contributed by atoms with Gasteiger partial charge in [-0.2, -0.15) is 0 Å². The van der Waals surface area contributed by atoms with Crippen LogP contribution in [0.1, 0.15) is 44.7 Å². The summed E-state index contributed by atoms with van der Waals surface area (Å²) in [7, 11) is 0. The lowest BCUT2D eigenvalue weighted by Gasteiger charge is -2.27. The van der Waals surface area contributed by atoms with Crippen molar-refractivity contribution in [2.24, 2.45) is 0 Å². The third kappa shape index (κ3) is 4.59. The Morgan fingerprint density at radius 3 is 2.44 bits per heavy atom. The van der Waals surface area contributed by atoms with Gasteiger partial charge in [0.05, 0.1) is 23.2 Å². The second-order valence-electron chi connectivity index (χ2n) is 8.60. The number of aliphatic hydroxyl groups excluding tert-OH is 1. The van der Waals surface area contributed by atoms with Crippen molar-refractivity contribution in [1.82, 2.24) is 4.57 Å². The molecule has 1 aliphatic rings. The number of benzene rings is 2. The zero-order valence-electron chi connectivity index (χ0n) is 18.2. The van der Waals surface area contributed by atoms with Crippen LogP contribution < -0.4 is 0 Å². The summed E-state index contributed by atoms with van der Waals surface area (Å²) in [5.41, 5.74) is 4.64. The minimum atomic E-state index is -0.671. The molecule has 2 heterocycles. The predicted molar refractivity (Wildman–Crippen MR) is 124 cm³/mol. The van der Waals surface area contributed by atoms with Gasteiger partial charge < -0.3 is 14.4 Å². The van der Waals surface area contributed by atoms with E-state index in [1.807, 2.05) is 30.3 Å². The first-order valence-electron chi connectivity index (χ1n) is 11.0. The molecule has 0 spiro atoms. The van der Waals surface area contributed by atoms with Crippen molar-refractivity contribution in [3.05, 3.63) is 71.1 Å². The van der Waals surface area contributed by atoms with E-state index >= 15 is 0 Å². The monoisotopic (exact) mass is 455 g/mol. The van der Waals surface area contributed by atoms with Crippen molar-refractivity contribution in [1.29, 1.82) is 0 Å². The van der Waals surface area contributed by atoms with Gasteiger partial charge in [-0.1, -0.05) is 55.8 Å². The molecule has 4 nitrogen and oxygen atoms in total. The van der Waals surface area contributed by atoms with E-state index in [0.717, 1.165) is 28.1 Å². The number of nitrogens with zero attached hydrogens (tertiary/aromatic N) is 1. The highest BCUT2D eigenvalue weighted by Gasteiger charge is 2.29. The Balaban J connectivity index is 1.83. The maximum absolute atomic E-state index is 13.7. The van der Waals surface area contributed by atoms with Crippen molar-refractivity contribution in [3.63, 3.8) is 0 Å².